The van der Waals surface area contributed by atoms with Gasteiger partial charge in [0, 0.05) is 29.9 Å². The van der Waals surface area contributed by atoms with Crippen LogP contribution in [0.4, 0.5) is 19.0 Å². The monoisotopic (exact) mass is 432 g/mol. The molecule has 4 rings (SSSR count). The highest BCUT2D eigenvalue weighted by atomic mass is 19.4. The van der Waals surface area contributed by atoms with Crippen LogP contribution in [0, 0.1) is 6.92 Å². The second kappa shape index (κ2) is 8.58. The molecular weight excluding hydrogens is 409 g/mol. The Morgan fingerprint density at radius 2 is 1.90 bits per heavy atom. The summed E-state index contributed by atoms with van der Waals surface area (Å²) in [5.74, 6) is 1.03. The molecule has 1 aliphatic heterocycles. The quantitative estimate of drug-likeness (QED) is 0.663. The first-order valence-electron chi connectivity index (χ1n) is 10.0. The predicted octanol–water partition coefficient (Wildman–Crippen LogP) is 3.24. The molecule has 0 radical (unpaired) electrons. The number of likely N-dealkylation sites (tertiary alicyclic amines) is 1. The molecule has 31 heavy (non-hydrogen) atoms. The van der Waals surface area contributed by atoms with Crippen molar-refractivity contribution in [2.45, 2.75) is 51.5 Å². The lowest BCUT2D eigenvalue weighted by Crippen LogP contribution is -2.49. The molecule has 4 heterocycles. The van der Waals surface area contributed by atoms with E-state index >= 15 is 0 Å². The first-order chi connectivity index (χ1) is 14.8. The fourth-order valence-corrected chi connectivity index (χ4v) is 3.78. The van der Waals surface area contributed by atoms with Gasteiger partial charge in [0.2, 0.25) is 0 Å². The van der Waals surface area contributed by atoms with E-state index in [1.807, 2.05) is 19.1 Å². The Morgan fingerprint density at radius 1 is 1.13 bits per heavy atom. The molecule has 0 saturated carbocycles. The molecule has 1 saturated heterocycles. The highest BCUT2D eigenvalue weighted by Crippen LogP contribution is 2.28. The minimum Gasteiger partial charge on any atom is -0.364 e. The Labute approximate surface area is 177 Å². The SMILES string of the molecule is Cc1ccc(CN2CCC[C@@H](Nc3cnc(C(F)(F)F)cn3)[C@@H]2C)c(-n2nccn2)n1. The Kier molecular flexibility index (Phi) is 5.86. The van der Waals surface area contributed by atoms with Gasteiger partial charge < -0.3 is 5.32 Å². The number of alkyl halides is 3. The number of halogens is 3. The number of hydrogen-bond donors (Lipinski definition) is 1. The van der Waals surface area contributed by atoms with E-state index in [1.54, 1.807) is 12.4 Å². The van der Waals surface area contributed by atoms with Crippen LogP contribution in [-0.4, -0.2) is 53.5 Å². The second-order valence-electron chi connectivity index (χ2n) is 7.64. The van der Waals surface area contributed by atoms with Gasteiger partial charge in [-0.1, -0.05) is 6.07 Å². The number of hydrogen-bond acceptors (Lipinski definition) is 7. The maximum atomic E-state index is 12.7. The van der Waals surface area contributed by atoms with E-state index in [0.29, 0.717) is 18.2 Å². The number of pyridine rings is 1. The summed E-state index contributed by atoms with van der Waals surface area (Å²) in [5, 5.41) is 11.7. The van der Waals surface area contributed by atoms with E-state index < -0.39 is 11.9 Å². The Hall–Kier alpha value is -3.08. The molecule has 1 fully saturated rings. The average molecular weight is 432 g/mol. The molecule has 0 aromatic carbocycles. The third kappa shape index (κ3) is 4.82. The van der Waals surface area contributed by atoms with Gasteiger partial charge in [0.15, 0.2) is 11.5 Å². The maximum Gasteiger partial charge on any atom is 0.434 e. The lowest BCUT2D eigenvalue weighted by atomic mass is 9.96. The van der Waals surface area contributed by atoms with E-state index in [1.165, 1.54) is 4.80 Å². The highest BCUT2D eigenvalue weighted by molar-refractivity contribution is 5.35. The Morgan fingerprint density at radius 3 is 2.58 bits per heavy atom. The van der Waals surface area contributed by atoms with Crippen LogP contribution >= 0.6 is 0 Å². The van der Waals surface area contributed by atoms with Gasteiger partial charge in [0.25, 0.3) is 0 Å². The molecule has 8 nitrogen and oxygen atoms in total. The molecule has 2 atom stereocenters. The van der Waals surface area contributed by atoms with Crippen LogP contribution in [0.15, 0.2) is 36.9 Å². The van der Waals surface area contributed by atoms with Crippen LogP contribution < -0.4 is 5.32 Å². The smallest absolute Gasteiger partial charge is 0.364 e. The van der Waals surface area contributed by atoms with Crippen LogP contribution in [0.2, 0.25) is 0 Å². The maximum absolute atomic E-state index is 12.7. The molecule has 164 valence electrons. The first kappa shape index (κ1) is 21.2. The molecule has 3 aromatic rings. The lowest BCUT2D eigenvalue weighted by Gasteiger charge is -2.40. The number of rotatable bonds is 5. The van der Waals surface area contributed by atoms with Crippen molar-refractivity contribution in [2.24, 2.45) is 0 Å². The fraction of sp³-hybridized carbons (Fsp3) is 0.450. The minimum atomic E-state index is -4.50. The van der Waals surface area contributed by atoms with Gasteiger partial charge in [-0.05, 0) is 39.3 Å². The van der Waals surface area contributed by atoms with Gasteiger partial charge in [-0.3, -0.25) is 4.90 Å². The van der Waals surface area contributed by atoms with Crippen molar-refractivity contribution in [2.75, 3.05) is 11.9 Å². The van der Waals surface area contributed by atoms with Gasteiger partial charge in [-0.15, -0.1) is 4.80 Å². The van der Waals surface area contributed by atoms with Crippen LogP contribution in [0.25, 0.3) is 5.82 Å². The zero-order valence-electron chi connectivity index (χ0n) is 17.2. The molecule has 0 amide bonds. The summed E-state index contributed by atoms with van der Waals surface area (Å²) in [4.78, 5) is 15.8. The zero-order chi connectivity index (χ0) is 22.0. The molecule has 0 spiro atoms. The summed E-state index contributed by atoms with van der Waals surface area (Å²) in [6.45, 7) is 5.58. The minimum absolute atomic E-state index is 0.0319. The summed E-state index contributed by atoms with van der Waals surface area (Å²) >= 11 is 0. The van der Waals surface area contributed by atoms with E-state index in [9.17, 15) is 13.2 Å². The van der Waals surface area contributed by atoms with Crippen LogP contribution in [0.5, 0.6) is 0 Å². The zero-order valence-corrected chi connectivity index (χ0v) is 17.2. The number of aromatic nitrogens is 6. The van der Waals surface area contributed by atoms with Crippen molar-refractivity contribution in [1.29, 1.82) is 0 Å². The topological polar surface area (TPSA) is 84.6 Å². The second-order valence-corrected chi connectivity index (χ2v) is 7.64. The summed E-state index contributed by atoms with van der Waals surface area (Å²) in [6, 6.07) is 4.15. The van der Waals surface area contributed by atoms with Gasteiger partial charge in [-0.2, -0.15) is 23.4 Å². The van der Waals surface area contributed by atoms with Crippen LogP contribution in [-0.2, 0) is 12.7 Å². The van der Waals surface area contributed by atoms with E-state index in [-0.39, 0.29) is 12.1 Å². The van der Waals surface area contributed by atoms with Gasteiger partial charge in [0.05, 0.1) is 24.8 Å². The largest absolute Gasteiger partial charge is 0.434 e. The van der Waals surface area contributed by atoms with Gasteiger partial charge in [0.1, 0.15) is 5.82 Å². The summed E-state index contributed by atoms with van der Waals surface area (Å²) in [5.41, 5.74) is 0.884. The fourth-order valence-electron chi connectivity index (χ4n) is 3.78. The summed E-state index contributed by atoms with van der Waals surface area (Å²) < 4.78 is 38.1. The highest BCUT2D eigenvalue weighted by Gasteiger charge is 2.33. The van der Waals surface area contributed by atoms with Crippen molar-refractivity contribution in [3.63, 3.8) is 0 Å². The Balaban J connectivity index is 1.48. The van der Waals surface area contributed by atoms with E-state index in [0.717, 1.165) is 43.0 Å². The third-order valence-electron chi connectivity index (χ3n) is 5.47. The van der Waals surface area contributed by atoms with Gasteiger partial charge >= 0.3 is 6.18 Å². The summed E-state index contributed by atoms with van der Waals surface area (Å²) in [7, 11) is 0. The van der Waals surface area contributed by atoms with E-state index in [2.05, 4.69) is 42.3 Å². The van der Waals surface area contributed by atoms with Crippen LogP contribution in [0.1, 0.15) is 36.7 Å². The molecule has 0 unspecified atom stereocenters. The number of anilines is 1. The predicted molar refractivity (Wildman–Crippen MR) is 107 cm³/mol. The number of aryl methyl sites for hydroxylation is 1. The first-order valence-corrected chi connectivity index (χ1v) is 10.0. The molecule has 3 aromatic heterocycles. The third-order valence-corrected chi connectivity index (χ3v) is 5.47. The number of nitrogens with zero attached hydrogens (tertiary/aromatic N) is 7. The molecule has 1 aliphatic rings. The van der Waals surface area contributed by atoms with Crippen molar-refractivity contribution < 1.29 is 13.2 Å². The van der Waals surface area contributed by atoms with Crippen molar-refractivity contribution in [1.82, 2.24) is 34.8 Å². The average Bonchev–Trinajstić information content (AvgIpc) is 3.26. The number of nitrogens with one attached hydrogen (secondary N) is 1. The molecule has 0 bridgehead atoms. The lowest BCUT2D eigenvalue weighted by molar-refractivity contribution is -0.141. The number of piperidine rings is 1. The summed E-state index contributed by atoms with van der Waals surface area (Å²) in [6.07, 6.45) is 2.47. The van der Waals surface area contributed by atoms with Gasteiger partial charge in [-0.25, -0.2) is 15.0 Å². The van der Waals surface area contributed by atoms with E-state index in [4.69, 9.17) is 0 Å². The standard InChI is InChI=1S/C20H23F3N8/c1-13-5-6-15(19(28-13)31-26-7-8-27-31)12-30-9-3-4-16(14(30)2)29-18-11-24-17(10-25-18)20(21,22)23/h5-8,10-11,14,16H,3-4,9,12H2,1-2H3,(H,25,29)/t14-,16+/m0/s1. The van der Waals surface area contributed by atoms with Crippen molar-refractivity contribution in [3.05, 3.63) is 53.9 Å². The Bertz CT molecular complexity index is 1000. The molecule has 1 N–H and O–H groups in total. The molecular formula is C20H23F3N8. The van der Waals surface area contributed by atoms with Crippen molar-refractivity contribution in [3.8, 4) is 5.82 Å². The van der Waals surface area contributed by atoms with Crippen LogP contribution in [0.3, 0.4) is 0 Å². The molecule has 11 heteroatoms. The molecule has 0 aliphatic carbocycles. The normalized spacial score (nSPS) is 20.0. The van der Waals surface area contributed by atoms with Crippen molar-refractivity contribution >= 4 is 5.82 Å².